The van der Waals surface area contributed by atoms with Gasteiger partial charge in [0.1, 0.15) is 17.2 Å². The van der Waals surface area contributed by atoms with E-state index in [2.05, 4.69) is 0 Å². The Balaban J connectivity index is 2.27. The van der Waals surface area contributed by atoms with Gasteiger partial charge in [0.2, 0.25) is 0 Å². The molecule has 0 radical (unpaired) electrons. The molecule has 4 heteroatoms. The zero-order chi connectivity index (χ0) is 16.7. The van der Waals surface area contributed by atoms with Gasteiger partial charge in [-0.2, -0.15) is 5.26 Å². The molecule has 3 aromatic carbocycles. The molecule has 1 aromatic heterocycles. The Morgan fingerprint density at radius 2 is 1.67 bits per heavy atom. The first kappa shape index (κ1) is 14.5. The van der Waals surface area contributed by atoms with Crippen LogP contribution in [0.15, 0.2) is 69.9 Å². The lowest BCUT2D eigenvalue weighted by Gasteiger charge is -2.11. The van der Waals surface area contributed by atoms with Gasteiger partial charge < -0.3 is 4.42 Å². The first-order valence-corrected chi connectivity index (χ1v) is 7.72. The first-order chi connectivity index (χ1) is 11.7. The van der Waals surface area contributed by atoms with E-state index in [4.69, 9.17) is 16.0 Å². The zero-order valence-electron chi connectivity index (χ0n) is 12.4. The van der Waals surface area contributed by atoms with E-state index in [1.54, 1.807) is 18.2 Å². The Morgan fingerprint density at radius 3 is 2.46 bits per heavy atom. The third-order valence-electron chi connectivity index (χ3n) is 4.05. The highest BCUT2D eigenvalue weighted by Crippen LogP contribution is 2.37. The van der Waals surface area contributed by atoms with Crippen molar-refractivity contribution in [2.24, 2.45) is 0 Å². The number of fused-ring (bicyclic) bond motifs is 3. The van der Waals surface area contributed by atoms with Crippen LogP contribution in [-0.4, -0.2) is 0 Å². The number of rotatable bonds is 1. The molecule has 0 unspecified atom stereocenters. The summed E-state index contributed by atoms with van der Waals surface area (Å²) in [6, 6.07) is 20.6. The van der Waals surface area contributed by atoms with Crippen LogP contribution in [0.2, 0.25) is 5.02 Å². The van der Waals surface area contributed by atoms with Gasteiger partial charge in [-0.3, -0.25) is 0 Å². The summed E-state index contributed by atoms with van der Waals surface area (Å²) in [5.74, 6) is 0. The van der Waals surface area contributed by atoms with Crippen LogP contribution < -0.4 is 5.63 Å². The normalized spacial score (nSPS) is 10.8. The van der Waals surface area contributed by atoms with Crippen molar-refractivity contribution in [3.8, 4) is 17.2 Å². The summed E-state index contributed by atoms with van der Waals surface area (Å²) < 4.78 is 5.48. The van der Waals surface area contributed by atoms with Crippen molar-refractivity contribution in [1.82, 2.24) is 0 Å². The Labute approximate surface area is 142 Å². The molecule has 0 N–H and O–H groups in total. The topological polar surface area (TPSA) is 54.0 Å². The summed E-state index contributed by atoms with van der Waals surface area (Å²) >= 11 is 6.32. The molecule has 0 aliphatic heterocycles. The Morgan fingerprint density at radius 1 is 0.917 bits per heavy atom. The van der Waals surface area contributed by atoms with E-state index in [0.717, 1.165) is 10.8 Å². The minimum Gasteiger partial charge on any atom is -0.421 e. The quantitative estimate of drug-likeness (QED) is 0.358. The number of hydrogen-bond acceptors (Lipinski definition) is 3. The minimum atomic E-state index is -0.656. The number of nitriles is 1. The standard InChI is InChI=1S/C20H10ClNO2/c21-17-8-4-3-7-14(17)18-15-10-9-12-5-1-2-6-13(12)19(15)24-20(23)16(18)11-22/h1-10H. The van der Waals surface area contributed by atoms with Gasteiger partial charge in [-0.1, -0.05) is 60.1 Å². The molecule has 4 aromatic rings. The summed E-state index contributed by atoms with van der Waals surface area (Å²) in [7, 11) is 0. The molecule has 0 atom stereocenters. The van der Waals surface area contributed by atoms with Crippen LogP contribution in [0.3, 0.4) is 0 Å². The molecule has 3 nitrogen and oxygen atoms in total. The van der Waals surface area contributed by atoms with Gasteiger partial charge in [-0.05, 0) is 17.5 Å². The van der Waals surface area contributed by atoms with Crippen molar-refractivity contribution in [1.29, 1.82) is 5.26 Å². The molecule has 0 spiro atoms. The predicted molar refractivity (Wildman–Crippen MR) is 95.2 cm³/mol. The lowest BCUT2D eigenvalue weighted by molar-refractivity contribution is 0.562. The van der Waals surface area contributed by atoms with Crippen LogP contribution in [0.4, 0.5) is 0 Å². The molecule has 0 aliphatic rings. The van der Waals surface area contributed by atoms with Crippen molar-refractivity contribution in [3.05, 3.63) is 81.7 Å². The van der Waals surface area contributed by atoms with E-state index in [9.17, 15) is 10.1 Å². The van der Waals surface area contributed by atoms with Crippen molar-refractivity contribution >= 4 is 33.3 Å². The highest BCUT2D eigenvalue weighted by molar-refractivity contribution is 6.34. The monoisotopic (exact) mass is 331 g/mol. The third kappa shape index (κ3) is 2.09. The molecule has 0 saturated carbocycles. The largest absolute Gasteiger partial charge is 0.421 e. The van der Waals surface area contributed by atoms with Crippen LogP contribution >= 0.6 is 11.6 Å². The van der Waals surface area contributed by atoms with Crippen molar-refractivity contribution in [2.45, 2.75) is 0 Å². The Bertz CT molecular complexity index is 1200. The molecule has 0 amide bonds. The van der Waals surface area contributed by atoms with Gasteiger partial charge in [-0.15, -0.1) is 0 Å². The van der Waals surface area contributed by atoms with Gasteiger partial charge in [0.05, 0.1) is 0 Å². The SMILES string of the molecule is N#Cc1c(-c2ccccc2Cl)c2ccc3ccccc3c2oc1=O. The van der Waals surface area contributed by atoms with E-state index in [1.807, 2.05) is 48.5 Å². The number of halogens is 1. The Kier molecular flexibility index (Phi) is 3.34. The molecule has 0 saturated heterocycles. The summed E-state index contributed by atoms with van der Waals surface area (Å²) in [6.45, 7) is 0. The summed E-state index contributed by atoms with van der Waals surface area (Å²) in [4.78, 5) is 12.4. The van der Waals surface area contributed by atoms with Gasteiger partial charge in [0.25, 0.3) is 0 Å². The highest BCUT2D eigenvalue weighted by atomic mass is 35.5. The first-order valence-electron chi connectivity index (χ1n) is 7.34. The molecular formula is C20H10ClNO2. The van der Waals surface area contributed by atoms with Crippen LogP contribution in [0.1, 0.15) is 5.56 Å². The lowest BCUT2D eigenvalue weighted by Crippen LogP contribution is -2.07. The molecule has 0 bridgehead atoms. The fourth-order valence-corrected chi connectivity index (χ4v) is 3.21. The third-order valence-corrected chi connectivity index (χ3v) is 4.38. The maximum Gasteiger partial charge on any atom is 0.354 e. The smallest absolute Gasteiger partial charge is 0.354 e. The van der Waals surface area contributed by atoms with Crippen LogP contribution in [0.5, 0.6) is 0 Å². The average molecular weight is 332 g/mol. The van der Waals surface area contributed by atoms with Crippen molar-refractivity contribution < 1.29 is 4.42 Å². The molecule has 0 fully saturated rings. The van der Waals surface area contributed by atoms with Gasteiger partial charge in [-0.25, -0.2) is 4.79 Å². The average Bonchev–Trinajstić information content (AvgIpc) is 2.61. The summed E-state index contributed by atoms with van der Waals surface area (Å²) in [6.07, 6.45) is 0. The van der Waals surface area contributed by atoms with Gasteiger partial charge in [0, 0.05) is 26.9 Å². The number of nitrogens with zero attached hydrogens (tertiary/aromatic N) is 1. The van der Waals surface area contributed by atoms with Gasteiger partial charge >= 0.3 is 5.63 Å². The van der Waals surface area contributed by atoms with Crippen LogP contribution in [-0.2, 0) is 0 Å². The second kappa shape index (κ2) is 5.52. The second-order valence-electron chi connectivity index (χ2n) is 5.39. The molecular weight excluding hydrogens is 322 g/mol. The highest BCUT2D eigenvalue weighted by Gasteiger charge is 2.19. The Hall–Kier alpha value is -3.09. The summed E-state index contributed by atoms with van der Waals surface area (Å²) in [5, 5.41) is 12.4. The van der Waals surface area contributed by atoms with E-state index in [0.29, 0.717) is 27.1 Å². The van der Waals surface area contributed by atoms with E-state index < -0.39 is 5.63 Å². The maximum absolute atomic E-state index is 12.4. The zero-order valence-corrected chi connectivity index (χ0v) is 13.2. The maximum atomic E-state index is 12.4. The van der Waals surface area contributed by atoms with Crippen molar-refractivity contribution in [3.63, 3.8) is 0 Å². The van der Waals surface area contributed by atoms with E-state index >= 15 is 0 Å². The van der Waals surface area contributed by atoms with E-state index in [1.165, 1.54) is 0 Å². The minimum absolute atomic E-state index is 0.0362. The van der Waals surface area contributed by atoms with Crippen molar-refractivity contribution in [2.75, 3.05) is 0 Å². The molecule has 114 valence electrons. The summed E-state index contributed by atoms with van der Waals surface area (Å²) in [5.41, 5.74) is 0.929. The molecule has 0 aliphatic carbocycles. The molecule has 24 heavy (non-hydrogen) atoms. The fraction of sp³-hybridized carbons (Fsp3) is 0. The van der Waals surface area contributed by atoms with E-state index in [-0.39, 0.29) is 5.56 Å². The molecule has 4 rings (SSSR count). The molecule has 1 heterocycles. The predicted octanol–water partition coefficient (Wildman–Crippen LogP) is 5.14. The van der Waals surface area contributed by atoms with Gasteiger partial charge in [0.15, 0.2) is 0 Å². The number of benzene rings is 3. The van der Waals surface area contributed by atoms with Crippen LogP contribution in [0, 0.1) is 11.3 Å². The van der Waals surface area contributed by atoms with Crippen LogP contribution in [0.25, 0.3) is 32.9 Å². The second-order valence-corrected chi connectivity index (χ2v) is 5.80. The lowest BCUT2D eigenvalue weighted by atomic mass is 9.95. The fourth-order valence-electron chi connectivity index (χ4n) is 2.98. The number of hydrogen-bond donors (Lipinski definition) is 0.